The Hall–Kier alpha value is -3.68. The summed E-state index contributed by atoms with van der Waals surface area (Å²) in [6.45, 7) is 1.20. The van der Waals surface area contributed by atoms with Gasteiger partial charge in [0.1, 0.15) is 6.54 Å². The standard InChI is InChI=1S/C27H25F3N4O/c1-18-15-23(27(28,29)30)31-33(18)17-24(35)34-26(20-11-6-3-7-12-20)22-14-8-13-21(25(22)32-34)16-19-9-4-2-5-10-19/h2-7,9-12,15-16,22,26H,8,13-14,17H2,1H3/b21-16+/t22-,26+/m1/s1. The molecule has 35 heavy (non-hydrogen) atoms. The molecule has 1 amide bonds. The number of aryl methyl sites for hydroxylation is 1. The van der Waals surface area contributed by atoms with Crippen LogP contribution in [-0.4, -0.2) is 26.4 Å². The molecule has 0 unspecified atom stereocenters. The molecule has 2 aromatic carbocycles. The van der Waals surface area contributed by atoms with Crippen LogP contribution < -0.4 is 0 Å². The van der Waals surface area contributed by atoms with Gasteiger partial charge in [0, 0.05) is 11.6 Å². The lowest BCUT2D eigenvalue weighted by atomic mass is 9.77. The molecule has 5 rings (SSSR count). The van der Waals surface area contributed by atoms with Crippen LogP contribution in [-0.2, 0) is 17.5 Å². The number of benzene rings is 2. The van der Waals surface area contributed by atoms with Gasteiger partial charge in [-0.05, 0) is 55.0 Å². The van der Waals surface area contributed by atoms with Crippen molar-refractivity contribution in [3.8, 4) is 0 Å². The number of carbonyl (C=O) groups excluding carboxylic acids is 1. The van der Waals surface area contributed by atoms with Gasteiger partial charge in [-0.3, -0.25) is 9.48 Å². The average molecular weight is 479 g/mol. The second-order valence-corrected chi connectivity index (χ2v) is 8.98. The van der Waals surface area contributed by atoms with Crippen LogP contribution in [0.4, 0.5) is 13.2 Å². The number of carbonyl (C=O) groups is 1. The summed E-state index contributed by atoms with van der Waals surface area (Å²) in [4.78, 5) is 13.5. The van der Waals surface area contributed by atoms with Gasteiger partial charge in [-0.2, -0.15) is 23.4 Å². The second-order valence-electron chi connectivity index (χ2n) is 8.98. The van der Waals surface area contributed by atoms with Gasteiger partial charge in [0.05, 0.1) is 11.8 Å². The Morgan fingerprint density at radius 2 is 1.77 bits per heavy atom. The first-order chi connectivity index (χ1) is 16.8. The molecule has 3 aromatic rings. The quantitative estimate of drug-likeness (QED) is 0.460. The third-order valence-corrected chi connectivity index (χ3v) is 6.60. The highest BCUT2D eigenvalue weighted by Gasteiger charge is 2.44. The Balaban J connectivity index is 1.50. The summed E-state index contributed by atoms with van der Waals surface area (Å²) < 4.78 is 40.5. The van der Waals surface area contributed by atoms with E-state index < -0.39 is 11.9 Å². The van der Waals surface area contributed by atoms with Gasteiger partial charge >= 0.3 is 6.18 Å². The van der Waals surface area contributed by atoms with Crippen LogP contribution in [0.2, 0.25) is 0 Å². The Kier molecular flexibility index (Phi) is 6.05. The highest BCUT2D eigenvalue weighted by molar-refractivity contribution is 6.08. The van der Waals surface area contributed by atoms with E-state index in [1.807, 2.05) is 60.7 Å². The molecule has 1 aliphatic heterocycles. The number of alkyl halides is 3. The highest BCUT2D eigenvalue weighted by atomic mass is 19.4. The van der Waals surface area contributed by atoms with Crippen LogP contribution in [0.5, 0.6) is 0 Å². The molecule has 2 heterocycles. The second kappa shape index (κ2) is 9.17. The van der Waals surface area contributed by atoms with Crippen molar-refractivity contribution in [1.82, 2.24) is 14.8 Å². The molecule has 5 nitrogen and oxygen atoms in total. The molecule has 8 heteroatoms. The minimum atomic E-state index is -4.56. The summed E-state index contributed by atoms with van der Waals surface area (Å²) in [5.74, 6) is -0.366. The molecule has 2 aliphatic rings. The lowest BCUT2D eigenvalue weighted by Gasteiger charge is -2.29. The molecule has 180 valence electrons. The van der Waals surface area contributed by atoms with Gasteiger partial charge in [-0.25, -0.2) is 5.01 Å². The lowest BCUT2D eigenvalue weighted by Crippen LogP contribution is -2.34. The van der Waals surface area contributed by atoms with E-state index in [0.29, 0.717) is 0 Å². The van der Waals surface area contributed by atoms with Crippen LogP contribution >= 0.6 is 0 Å². The summed E-state index contributed by atoms with van der Waals surface area (Å²) in [6, 6.07) is 20.3. The fourth-order valence-electron chi connectivity index (χ4n) is 4.95. The summed E-state index contributed by atoms with van der Waals surface area (Å²) in [5, 5.41) is 9.90. The van der Waals surface area contributed by atoms with E-state index in [1.54, 1.807) is 0 Å². The highest BCUT2D eigenvalue weighted by Crippen LogP contribution is 2.44. The van der Waals surface area contributed by atoms with Crippen molar-refractivity contribution >= 4 is 17.7 Å². The first-order valence-corrected chi connectivity index (χ1v) is 11.6. The fraction of sp³-hybridized carbons (Fsp3) is 0.296. The minimum absolute atomic E-state index is 0.0227. The Labute approximate surface area is 201 Å². The number of allylic oxidation sites excluding steroid dienone is 1. The van der Waals surface area contributed by atoms with Crippen molar-refractivity contribution in [3.05, 3.63) is 94.8 Å². The van der Waals surface area contributed by atoms with Gasteiger partial charge in [0.2, 0.25) is 0 Å². The van der Waals surface area contributed by atoms with Crippen molar-refractivity contribution < 1.29 is 18.0 Å². The number of aromatic nitrogens is 2. The summed E-state index contributed by atoms with van der Waals surface area (Å²) in [6.07, 6.45) is 0.273. The Morgan fingerprint density at radius 3 is 2.43 bits per heavy atom. The van der Waals surface area contributed by atoms with E-state index in [-0.39, 0.29) is 30.1 Å². The topological polar surface area (TPSA) is 50.5 Å². The number of rotatable bonds is 4. The zero-order valence-corrected chi connectivity index (χ0v) is 19.2. The summed E-state index contributed by atoms with van der Waals surface area (Å²) in [7, 11) is 0. The van der Waals surface area contributed by atoms with E-state index in [0.717, 1.165) is 52.4 Å². The number of amides is 1. The van der Waals surface area contributed by atoms with E-state index in [9.17, 15) is 18.0 Å². The van der Waals surface area contributed by atoms with E-state index in [2.05, 4.69) is 11.2 Å². The predicted molar refractivity (Wildman–Crippen MR) is 127 cm³/mol. The maximum Gasteiger partial charge on any atom is 0.435 e. The largest absolute Gasteiger partial charge is 0.435 e. The number of hydrogen-bond donors (Lipinski definition) is 0. The van der Waals surface area contributed by atoms with Crippen molar-refractivity contribution in [2.24, 2.45) is 11.0 Å². The Bertz CT molecular complexity index is 1280. The van der Waals surface area contributed by atoms with Crippen LogP contribution in [0, 0.1) is 12.8 Å². The minimum Gasteiger partial charge on any atom is -0.271 e. The third-order valence-electron chi connectivity index (χ3n) is 6.60. The van der Waals surface area contributed by atoms with Crippen LogP contribution in [0.1, 0.15) is 47.8 Å². The normalized spacial score (nSPS) is 21.2. The summed E-state index contributed by atoms with van der Waals surface area (Å²) >= 11 is 0. The van der Waals surface area contributed by atoms with Crippen molar-refractivity contribution in [3.63, 3.8) is 0 Å². The molecule has 1 fully saturated rings. The maximum absolute atomic E-state index is 13.5. The monoisotopic (exact) mass is 478 g/mol. The number of halogens is 3. The molecule has 1 saturated carbocycles. The number of nitrogens with zero attached hydrogens (tertiary/aromatic N) is 4. The number of hydrazone groups is 1. The van der Waals surface area contributed by atoms with Crippen molar-refractivity contribution in [2.45, 2.75) is 44.9 Å². The molecule has 2 atom stereocenters. The van der Waals surface area contributed by atoms with E-state index in [4.69, 9.17) is 5.10 Å². The smallest absolute Gasteiger partial charge is 0.271 e. The van der Waals surface area contributed by atoms with Crippen molar-refractivity contribution in [1.29, 1.82) is 0 Å². The van der Waals surface area contributed by atoms with Gasteiger partial charge < -0.3 is 0 Å². The lowest BCUT2D eigenvalue weighted by molar-refractivity contribution is -0.142. The van der Waals surface area contributed by atoms with Crippen LogP contribution in [0.3, 0.4) is 0 Å². The van der Waals surface area contributed by atoms with Gasteiger partial charge in [-0.15, -0.1) is 0 Å². The molecular formula is C27H25F3N4O. The van der Waals surface area contributed by atoms with Crippen molar-refractivity contribution in [2.75, 3.05) is 0 Å². The first-order valence-electron chi connectivity index (χ1n) is 11.6. The predicted octanol–water partition coefficient (Wildman–Crippen LogP) is 6.03. The van der Waals surface area contributed by atoms with E-state index >= 15 is 0 Å². The SMILES string of the molecule is Cc1cc(C(F)(F)F)nn1CC(=O)N1N=C2/C(=C/c3ccccc3)CCC[C@H]2[C@@H]1c1ccccc1. The molecule has 0 saturated heterocycles. The van der Waals surface area contributed by atoms with Gasteiger partial charge in [-0.1, -0.05) is 60.7 Å². The molecule has 0 spiro atoms. The molecule has 1 aliphatic carbocycles. The molecule has 0 radical (unpaired) electrons. The van der Waals surface area contributed by atoms with E-state index in [1.165, 1.54) is 11.9 Å². The number of fused-ring (bicyclic) bond motifs is 1. The fourth-order valence-corrected chi connectivity index (χ4v) is 4.95. The van der Waals surface area contributed by atoms with Crippen LogP contribution in [0.25, 0.3) is 6.08 Å². The maximum atomic E-state index is 13.5. The van der Waals surface area contributed by atoms with Gasteiger partial charge in [0.15, 0.2) is 5.69 Å². The van der Waals surface area contributed by atoms with Gasteiger partial charge in [0.25, 0.3) is 5.91 Å². The zero-order valence-electron chi connectivity index (χ0n) is 19.2. The van der Waals surface area contributed by atoms with Crippen LogP contribution in [0.15, 0.2) is 77.4 Å². The summed E-state index contributed by atoms with van der Waals surface area (Å²) in [5.41, 5.74) is 3.28. The molecule has 1 aromatic heterocycles. The zero-order chi connectivity index (χ0) is 24.6. The Morgan fingerprint density at radius 1 is 1.09 bits per heavy atom. The third kappa shape index (κ3) is 4.65. The molecular weight excluding hydrogens is 453 g/mol. The average Bonchev–Trinajstić information content (AvgIpc) is 3.42. The first kappa shape index (κ1) is 23.1. The number of hydrogen-bond acceptors (Lipinski definition) is 3. The molecule has 0 bridgehead atoms. The molecule has 0 N–H and O–H groups in total.